The molecule has 1 aromatic heterocycles. The lowest BCUT2D eigenvalue weighted by Crippen LogP contribution is -2.51. The first-order valence-corrected chi connectivity index (χ1v) is 13.9. The van der Waals surface area contributed by atoms with Gasteiger partial charge >= 0.3 is 0 Å². The number of halogens is 1. The van der Waals surface area contributed by atoms with Crippen molar-refractivity contribution in [2.75, 3.05) is 7.05 Å². The van der Waals surface area contributed by atoms with Gasteiger partial charge in [-0.1, -0.05) is 82.5 Å². The average molecular weight is 472 g/mol. The van der Waals surface area contributed by atoms with E-state index in [0.29, 0.717) is 12.1 Å². The number of piperidine rings is 2. The van der Waals surface area contributed by atoms with E-state index in [-0.39, 0.29) is 16.8 Å². The molecule has 2 saturated heterocycles. The highest BCUT2D eigenvalue weighted by atomic mass is 35.5. The summed E-state index contributed by atoms with van der Waals surface area (Å²) in [6, 6.07) is 9.18. The van der Waals surface area contributed by atoms with Gasteiger partial charge in [-0.25, -0.2) is 4.98 Å². The van der Waals surface area contributed by atoms with Gasteiger partial charge in [-0.15, -0.1) is 0 Å². The highest BCUT2D eigenvalue weighted by molar-refractivity contribution is 6.29. The molecule has 2 unspecified atom stereocenters. The van der Waals surface area contributed by atoms with Crippen LogP contribution in [0.5, 0.6) is 0 Å². The second kappa shape index (κ2) is 11.4. The van der Waals surface area contributed by atoms with Crippen LogP contribution in [-0.2, 0) is 0 Å². The van der Waals surface area contributed by atoms with Crippen molar-refractivity contribution in [1.82, 2.24) is 14.5 Å². The summed E-state index contributed by atoms with van der Waals surface area (Å²) in [5, 5.41) is 0.0859. The molecule has 2 aliphatic carbocycles. The molecule has 3 heterocycles. The number of hydrogen-bond donors (Lipinski definition) is 0. The van der Waals surface area contributed by atoms with Crippen LogP contribution in [0.4, 0.5) is 0 Å². The summed E-state index contributed by atoms with van der Waals surface area (Å²) in [4.78, 5) is 19.4. The normalized spacial score (nSPS) is 31.1. The number of para-hydroxylation sites is 2. The standard InChI is InChI=1S/C17H20ClN3O.C9H16.C2H6/c1-20-11-5-4-6-12(20)10-13(9-11)21-15-8-3-2-7-14(15)19-16(18)17(21)22;1-3-8-5-2-6-9(4-1)7-8;1-2/h2-3,7-8,11-13H,4-6,9-10H2,1H3;8-9H,1-7H2;1-2H3. The van der Waals surface area contributed by atoms with E-state index >= 15 is 0 Å². The Bertz CT molecular complexity index is 939. The van der Waals surface area contributed by atoms with Gasteiger partial charge in [0.05, 0.1) is 11.0 Å². The second-order valence-electron chi connectivity index (χ2n) is 10.4. The summed E-state index contributed by atoms with van der Waals surface area (Å²) in [6.45, 7) is 4.00. The van der Waals surface area contributed by atoms with Crippen LogP contribution in [0.1, 0.15) is 96.9 Å². The van der Waals surface area contributed by atoms with E-state index in [1.807, 2.05) is 42.7 Å². The molecule has 182 valence electrons. The first-order valence-electron chi connectivity index (χ1n) is 13.5. The van der Waals surface area contributed by atoms with E-state index in [2.05, 4.69) is 16.9 Å². The average Bonchev–Trinajstić information content (AvgIpc) is 2.82. The summed E-state index contributed by atoms with van der Waals surface area (Å²) in [7, 11) is 2.23. The van der Waals surface area contributed by atoms with Gasteiger partial charge in [0.15, 0.2) is 5.15 Å². The predicted molar refractivity (Wildman–Crippen MR) is 139 cm³/mol. The van der Waals surface area contributed by atoms with Crippen LogP contribution in [0, 0.1) is 11.8 Å². The van der Waals surface area contributed by atoms with Crippen LogP contribution in [-0.4, -0.2) is 33.6 Å². The highest BCUT2D eigenvalue weighted by Crippen LogP contribution is 2.40. The molecule has 4 bridgehead atoms. The van der Waals surface area contributed by atoms with Crippen LogP contribution in [0.15, 0.2) is 29.1 Å². The van der Waals surface area contributed by atoms with Gasteiger partial charge in [-0.2, -0.15) is 0 Å². The summed E-state index contributed by atoms with van der Waals surface area (Å²) in [6.07, 6.45) is 16.7. The zero-order valence-electron chi connectivity index (χ0n) is 20.8. The first kappa shape index (κ1) is 24.7. The molecule has 1 aromatic carbocycles. The Morgan fingerprint density at radius 3 is 1.94 bits per heavy atom. The van der Waals surface area contributed by atoms with Gasteiger partial charge in [0.25, 0.3) is 5.56 Å². The molecule has 2 aliphatic heterocycles. The largest absolute Gasteiger partial charge is 0.301 e. The SMILES string of the molecule is C1CC2CCCC(C1)C2.CC.CN1C2CCCC1CC(n1c(=O)c(Cl)nc3ccccc31)C2. The topological polar surface area (TPSA) is 38.1 Å². The maximum atomic E-state index is 12.6. The first-order chi connectivity index (χ1) is 16.1. The van der Waals surface area contributed by atoms with Gasteiger partial charge in [0.1, 0.15) is 0 Å². The van der Waals surface area contributed by atoms with Crippen LogP contribution in [0.25, 0.3) is 11.0 Å². The van der Waals surface area contributed by atoms with Crippen molar-refractivity contribution in [3.63, 3.8) is 0 Å². The van der Waals surface area contributed by atoms with Gasteiger partial charge in [-0.3, -0.25) is 4.79 Å². The Balaban J connectivity index is 0.000000196. The van der Waals surface area contributed by atoms with E-state index in [1.165, 1.54) is 32.1 Å². The molecule has 0 radical (unpaired) electrons. The molecule has 0 N–H and O–H groups in total. The highest BCUT2D eigenvalue weighted by Gasteiger charge is 2.37. The van der Waals surface area contributed by atoms with Gasteiger partial charge in [0.2, 0.25) is 0 Å². The van der Waals surface area contributed by atoms with E-state index < -0.39 is 0 Å². The van der Waals surface area contributed by atoms with Crippen molar-refractivity contribution in [2.45, 2.75) is 109 Å². The number of hydrogen-bond acceptors (Lipinski definition) is 3. The Morgan fingerprint density at radius 2 is 1.36 bits per heavy atom. The summed E-state index contributed by atoms with van der Waals surface area (Å²) >= 11 is 6.11. The minimum absolute atomic E-state index is 0.0859. The number of fused-ring (bicyclic) bond motifs is 5. The molecule has 4 fully saturated rings. The molecule has 2 saturated carbocycles. The fraction of sp³-hybridized carbons (Fsp3) is 0.714. The molecule has 2 aromatic rings. The molecular weight excluding hydrogens is 430 g/mol. The monoisotopic (exact) mass is 471 g/mol. The lowest BCUT2D eigenvalue weighted by Gasteiger charge is -2.47. The number of rotatable bonds is 1. The predicted octanol–water partition coefficient (Wildman–Crippen LogP) is 7.24. The molecule has 6 rings (SSSR count). The Hall–Kier alpha value is -1.39. The Morgan fingerprint density at radius 1 is 0.818 bits per heavy atom. The van der Waals surface area contributed by atoms with Crippen LogP contribution in [0.2, 0.25) is 5.15 Å². The van der Waals surface area contributed by atoms with Crippen molar-refractivity contribution >= 4 is 22.6 Å². The van der Waals surface area contributed by atoms with Crippen LogP contribution in [0.3, 0.4) is 0 Å². The fourth-order valence-electron chi connectivity index (χ4n) is 6.91. The third-order valence-corrected chi connectivity index (χ3v) is 8.80. The van der Waals surface area contributed by atoms with Gasteiger partial charge < -0.3 is 9.47 Å². The van der Waals surface area contributed by atoms with Gasteiger partial charge in [-0.05, 0) is 63.1 Å². The molecule has 4 nitrogen and oxygen atoms in total. The van der Waals surface area contributed by atoms with Gasteiger partial charge in [0, 0.05) is 18.1 Å². The molecule has 5 heteroatoms. The van der Waals surface area contributed by atoms with Crippen LogP contribution >= 0.6 is 11.6 Å². The van der Waals surface area contributed by atoms with E-state index in [1.54, 1.807) is 32.1 Å². The lowest BCUT2D eigenvalue weighted by atomic mass is 9.72. The zero-order chi connectivity index (χ0) is 23.4. The summed E-state index contributed by atoms with van der Waals surface area (Å²) < 4.78 is 1.91. The number of nitrogens with zero attached hydrogens (tertiary/aromatic N) is 3. The fourth-order valence-corrected chi connectivity index (χ4v) is 7.09. The van der Waals surface area contributed by atoms with Crippen molar-refractivity contribution in [3.05, 3.63) is 39.8 Å². The third kappa shape index (κ3) is 5.48. The number of aromatic nitrogens is 2. The lowest BCUT2D eigenvalue weighted by molar-refractivity contribution is 0.0402. The number of benzene rings is 1. The van der Waals surface area contributed by atoms with Crippen molar-refractivity contribution in [1.29, 1.82) is 0 Å². The zero-order valence-corrected chi connectivity index (χ0v) is 21.6. The van der Waals surface area contributed by atoms with E-state index in [9.17, 15) is 4.79 Å². The molecule has 2 atom stereocenters. The Labute approximate surface area is 204 Å². The molecule has 4 aliphatic rings. The molecular formula is C28H42ClN3O. The minimum Gasteiger partial charge on any atom is -0.301 e. The van der Waals surface area contributed by atoms with Crippen molar-refractivity contribution < 1.29 is 0 Å². The van der Waals surface area contributed by atoms with Crippen LogP contribution < -0.4 is 5.56 Å². The smallest absolute Gasteiger partial charge is 0.288 e. The van der Waals surface area contributed by atoms with Crippen molar-refractivity contribution in [3.8, 4) is 0 Å². The van der Waals surface area contributed by atoms with Crippen molar-refractivity contribution in [2.24, 2.45) is 11.8 Å². The molecule has 33 heavy (non-hydrogen) atoms. The summed E-state index contributed by atoms with van der Waals surface area (Å²) in [5.41, 5.74) is 1.56. The molecule has 0 spiro atoms. The maximum Gasteiger partial charge on any atom is 0.288 e. The third-order valence-electron chi connectivity index (χ3n) is 8.55. The Kier molecular flexibility index (Phi) is 8.51. The minimum atomic E-state index is -0.145. The van der Waals surface area contributed by atoms with E-state index in [4.69, 9.17) is 11.6 Å². The second-order valence-corrected chi connectivity index (χ2v) is 10.8. The van der Waals surface area contributed by atoms with E-state index in [0.717, 1.165) is 35.7 Å². The maximum absolute atomic E-state index is 12.6. The molecule has 0 amide bonds. The summed E-state index contributed by atoms with van der Waals surface area (Å²) in [5.74, 6) is 2.30. The quantitative estimate of drug-likeness (QED) is 0.439.